The molecule has 1 nitrogen and oxygen atoms in total. The quantitative estimate of drug-likeness (QED) is 0.407. The van der Waals surface area contributed by atoms with E-state index in [4.69, 9.17) is 4.98 Å². The van der Waals surface area contributed by atoms with Gasteiger partial charge in [-0.05, 0) is 29.3 Å². The summed E-state index contributed by atoms with van der Waals surface area (Å²) >= 11 is 3.71. The normalized spacial score (nSPS) is 10.8. The maximum Gasteiger partial charge on any atom is 0.0721 e. The standard InChI is InChI=1S/C21H14BrN/c22-19-14-21(16-9-5-2-6-10-16)23-20-12-11-17(13-18(19)20)15-7-3-1-4-8-15/h1-14H. The van der Waals surface area contributed by atoms with E-state index in [2.05, 4.69) is 76.6 Å². The van der Waals surface area contributed by atoms with Gasteiger partial charge in [-0.3, -0.25) is 0 Å². The SMILES string of the molecule is Brc1cc(-c2ccccc2)nc2ccc(-c3ccccc3)cc12. The maximum atomic E-state index is 4.81. The Morgan fingerprint density at radius 3 is 1.96 bits per heavy atom. The van der Waals surface area contributed by atoms with Crippen LogP contribution >= 0.6 is 15.9 Å². The summed E-state index contributed by atoms with van der Waals surface area (Å²) in [6.45, 7) is 0. The summed E-state index contributed by atoms with van der Waals surface area (Å²) in [6, 6.07) is 29.2. The molecule has 1 heterocycles. The van der Waals surface area contributed by atoms with Crippen LogP contribution < -0.4 is 0 Å². The van der Waals surface area contributed by atoms with Crippen LogP contribution in [-0.4, -0.2) is 4.98 Å². The molecular weight excluding hydrogens is 346 g/mol. The van der Waals surface area contributed by atoms with Gasteiger partial charge < -0.3 is 0 Å². The predicted molar refractivity (Wildman–Crippen MR) is 100 cm³/mol. The highest BCUT2D eigenvalue weighted by atomic mass is 79.9. The van der Waals surface area contributed by atoms with E-state index in [0.29, 0.717) is 0 Å². The Bertz CT molecular complexity index is 963. The number of pyridine rings is 1. The molecule has 0 radical (unpaired) electrons. The molecule has 0 saturated heterocycles. The van der Waals surface area contributed by atoms with Gasteiger partial charge in [-0.2, -0.15) is 0 Å². The second kappa shape index (κ2) is 5.98. The smallest absolute Gasteiger partial charge is 0.0721 e. The van der Waals surface area contributed by atoms with Crippen LogP contribution in [0.4, 0.5) is 0 Å². The molecule has 0 N–H and O–H groups in total. The number of benzene rings is 3. The zero-order chi connectivity index (χ0) is 15.6. The molecule has 0 aliphatic heterocycles. The number of rotatable bonds is 2. The fraction of sp³-hybridized carbons (Fsp3) is 0. The third-order valence-electron chi connectivity index (χ3n) is 3.93. The second-order valence-electron chi connectivity index (χ2n) is 5.45. The van der Waals surface area contributed by atoms with Crippen molar-refractivity contribution in [1.29, 1.82) is 0 Å². The minimum atomic E-state index is 0.984. The Hall–Kier alpha value is -2.45. The average molecular weight is 360 g/mol. The number of aromatic nitrogens is 1. The number of nitrogens with zero attached hydrogens (tertiary/aromatic N) is 1. The van der Waals surface area contributed by atoms with Gasteiger partial charge in [-0.15, -0.1) is 0 Å². The summed E-state index contributed by atoms with van der Waals surface area (Å²) in [5, 5.41) is 1.13. The Labute approximate surface area is 143 Å². The molecule has 2 heteroatoms. The molecule has 23 heavy (non-hydrogen) atoms. The van der Waals surface area contributed by atoms with Crippen LogP contribution in [0.1, 0.15) is 0 Å². The number of hydrogen-bond acceptors (Lipinski definition) is 1. The van der Waals surface area contributed by atoms with Gasteiger partial charge in [0.2, 0.25) is 0 Å². The molecule has 0 aliphatic rings. The maximum absolute atomic E-state index is 4.81. The predicted octanol–water partition coefficient (Wildman–Crippen LogP) is 6.33. The number of fused-ring (bicyclic) bond motifs is 1. The van der Waals surface area contributed by atoms with Crippen molar-refractivity contribution in [2.45, 2.75) is 0 Å². The minimum Gasteiger partial charge on any atom is -0.248 e. The highest BCUT2D eigenvalue weighted by Gasteiger charge is 2.07. The minimum absolute atomic E-state index is 0.984. The highest BCUT2D eigenvalue weighted by Crippen LogP contribution is 2.31. The van der Waals surface area contributed by atoms with Crippen molar-refractivity contribution in [2.75, 3.05) is 0 Å². The first-order valence-corrected chi connectivity index (χ1v) is 8.32. The van der Waals surface area contributed by atoms with Crippen molar-refractivity contribution >= 4 is 26.8 Å². The molecule has 1 aromatic heterocycles. The largest absolute Gasteiger partial charge is 0.248 e. The van der Waals surface area contributed by atoms with Gasteiger partial charge in [0.15, 0.2) is 0 Å². The highest BCUT2D eigenvalue weighted by molar-refractivity contribution is 9.10. The Kier molecular flexibility index (Phi) is 3.68. The third-order valence-corrected chi connectivity index (χ3v) is 4.59. The Morgan fingerprint density at radius 2 is 1.26 bits per heavy atom. The lowest BCUT2D eigenvalue weighted by atomic mass is 10.0. The van der Waals surface area contributed by atoms with Crippen LogP contribution in [0.15, 0.2) is 89.4 Å². The Morgan fingerprint density at radius 1 is 0.609 bits per heavy atom. The number of halogens is 1. The van der Waals surface area contributed by atoms with Gasteiger partial charge in [0.1, 0.15) is 0 Å². The molecule has 4 rings (SSSR count). The van der Waals surface area contributed by atoms with Crippen LogP contribution in [0.3, 0.4) is 0 Å². The van der Waals surface area contributed by atoms with Crippen LogP contribution in [0.25, 0.3) is 33.3 Å². The average Bonchev–Trinajstić information content (AvgIpc) is 2.63. The fourth-order valence-electron chi connectivity index (χ4n) is 2.75. The lowest BCUT2D eigenvalue weighted by Gasteiger charge is -2.08. The lowest BCUT2D eigenvalue weighted by molar-refractivity contribution is 1.39. The molecule has 0 amide bonds. The van der Waals surface area contributed by atoms with Crippen molar-refractivity contribution in [2.24, 2.45) is 0 Å². The van der Waals surface area contributed by atoms with Crippen molar-refractivity contribution in [3.63, 3.8) is 0 Å². The first kappa shape index (κ1) is 14.2. The van der Waals surface area contributed by atoms with E-state index in [1.54, 1.807) is 0 Å². The van der Waals surface area contributed by atoms with Crippen molar-refractivity contribution in [3.05, 3.63) is 89.4 Å². The summed E-state index contributed by atoms with van der Waals surface area (Å²) in [7, 11) is 0. The zero-order valence-electron chi connectivity index (χ0n) is 12.4. The van der Waals surface area contributed by atoms with E-state index < -0.39 is 0 Å². The molecule has 4 aromatic rings. The zero-order valence-corrected chi connectivity index (χ0v) is 14.0. The van der Waals surface area contributed by atoms with Crippen LogP contribution in [0.2, 0.25) is 0 Å². The van der Waals surface area contributed by atoms with Crippen LogP contribution in [0, 0.1) is 0 Å². The van der Waals surface area contributed by atoms with Gasteiger partial charge in [0.25, 0.3) is 0 Å². The van der Waals surface area contributed by atoms with Crippen molar-refractivity contribution < 1.29 is 0 Å². The summed E-state index contributed by atoms with van der Waals surface area (Å²) < 4.78 is 1.07. The van der Waals surface area contributed by atoms with E-state index in [1.807, 2.05) is 24.3 Å². The molecule has 0 bridgehead atoms. The first-order chi connectivity index (χ1) is 11.3. The van der Waals surface area contributed by atoms with Gasteiger partial charge in [-0.1, -0.05) is 82.7 Å². The summed E-state index contributed by atoms with van der Waals surface area (Å²) in [5.74, 6) is 0. The lowest BCUT2D eigenvalue weighted by Crippen LogP contribution is -1.88. The van der Waals surface area contributed by atoms with E-state index >= 15 is 0 Å². The fourth-order valence-corrected chi connectivity index (χ4v) is 3.29. The molecular formula is C21H14BrN. The summed E-state index contributed by atoms with van der Waals surface area (Å²) in [5.41, 5.74) is 5.53. The molecule has 0 saturated carbocycles. The second-order valence-corrected chi connectivity index (χ2v) is 6.31. The molecule has 0 atom stereocenters. The molecule has 0 unspecified atom stereocenters. The molecule has 0 aliphatic carbocycles. The van der Waals surface area contributed by atoms with Gasteiger partial charge in [-0.25, -0.2) is 4.98 Å². The van der Waals surface area contributed by atoms with Crippen molar-refractivity contribution in [3.8, 4) is 22.4 Å². The van der Waals surface area contributed by atoms with Crippen LogP contribution in [-0.2, 0) is 0 Å². The summed E-state index contributed by atoms with van der Waals surface area (Å²) in [4.78, 5) is 4.81. The molecule has 110 valence electrons. The van der Waals surface area contributed by atoms with Crippen molar-refractivity contribution in [1.82, 2.24) is 4.98 Å². The topological polar surface area (TPSA) is 12.9 Å². The molecule has 0 spiro atoms. The van der Waals surface area contributed by atoms with Gasteiger partial charge >= 0.3 is 0 Å². The van der Waals surface area contributed by atoms with E-state index in [-0.39, 0.29) is 0 Å². The number of hydrogen-bond donors (Lipinski definition) is 0. The van der Waals surface area contributed by atoms with E-state index in [1.165, 1.54) is 11.1 Å². The van der Waals surface area contributed by atoms with E-state index in [0.717, 1.165) is 26.6 Å². The van der Waals surface area contributed by atoms with Crippen LogP contribution in [0.5, 0.6) is 0 Å². The first-order valence-electron chi connectivity index (χ1n) is 7.52. The van der Waals surface area contributed by atoms with Gasteiger partial charge in [0, 0.05) is 15.4 Å². The van der Waals surface area contributed by atoms with E-state index in [9.17, 15) is 0 Å². The molecule has 3 aromatic carbocycles. The third kappa shape index (κ3) is 2.78. The Balaban J connectivity index is 1.86. The van der Waals surface area contributed by atoms with Gasteiger partial charge in [0.05, 0.1) is 11.2 Å². The molecule has 0 fully saturated rings. The summed E-state index contributed by atoms with van der Waals surface area (Å²) in [6.07, 6.45) is 0. The monoisotopic (exact) mass is 359 g/mol.